The fourth-order valence-electron chi connectivity index (χ4n) is 10.5. The third kappa shape index (κ3) is 5.47. The number of furan rings is 2. The predicted molar refractivity (Wildman–Crippen MR) is 264 cm³/mol. The molecule has 0 radical (unpaired) electrons. The molecule has 10 aromatic carbocycles. The minimum absolute atomic E-state index is 0.502. The van der Waals surface area contributed by atoms with Crippen LogP contribution in [-0.4, -0.2) is 0 Å². The van der Waals surface area contributed by atoms with Crippen LogP contribution in [0.1, 0.15) is 22.3 Å². The van der Waals surface area contributed by atoms with Crippen LogP contribution >= 0.6 is 0 Å². The van der Waals surface area contributed by atoms with Gasteiger partial charge in [0.25, 0.3) is 0 Å². The third-order valence-corrected chi connectivity index (χ3v) is 13.4. The number of anilines is 3. The van der Waals surface area contributed by atoms with Crippen molar-refractivity contribution in [2.24, 2.45) is 0 Å². The van der Waals surface area contributed by atoms with E-state index in [0.717, 1.165) is 72.1 Å². The zero-order valence-corrected chi connectivity index (χ0v) is 34.8. The van der Waals surface area contributed by atoms with E-state index in [4.69, 9.17) is 8.83 Å². The summed E-state index contributed by atoms with van der Waals surface area (Å²) in [5.74, 6) is 0. The Morgan fingerprint density at radius 1 is 0.297 bits per heavy atom. The van der Waals surface area contributed by atoms with Crippen molar-refractivity contribution in [1.29, 1.82) is 0 Å². The second-order valence-electron chi connectivity index (χ2n) is 16.8. The minimum atomic E-state index is -0.502. The van der Waals surface area contributed by atoms with E-state index in [1.165, 1.54) is 44.5 Å². The van der Waals surface area contributed by atoms with Crippen LogP contribution in [0.15, 0.2) is 245 Å². The van der Waals surface area contributed by atoms with E-state index in [1.54, 1.807) is 0 Å². The molecule has 0 fully saturated rings. The maximum Gasteiger partial charge on any atom is 0.143 e. The van der Waals surface area contributed by atoms with Crippen LogP contribution in [-0.2, 0) is 5.41 Å². The lowest BCUT2D eigenvalue weighted by atomic mass is 9.67. The number of para-hydroxylation sites is 2. The molecule has 0 bridgehead atoms. The first-order chi connectivity index (χ1) is 31.7. The second kappa shape index (κ2) is 14.3. The van der Waals surface area contributed by atoms with E-state index in [1.807, 2.05) is 12.1 Å². The molecular formula is C61H39NO2. The highest BCUT2D eigenvalue weighted by Gasteiger charge is 2.46. The molecule has 2 aromatic heterocycles. The van der Waals surface area contributed by atoms with E-state index in [0.29, 0.717) is 0 Å². The van der Waals surface area contributed by atoms with Gasteiger partial charge in [-0.15, -0.1) is 0 Å². The number of benzene rings is 10. The first-order valence-corrected chi connectivity index (χ1v) is 21.9. The molecule has 2 heterocycles. The average Bonchev–Trinajstić information content (AvgIpc) is 4.02. The maximum absolute atomic E-state index is 6.99. The lowest BCUT2D eigenvalue weighted by Gasteiger charge is -2.33. The Morgan fingerprint density at radius 2 is 0.844 bits per heavy atom. The molecule has 0 aliphatic heterocycles. The van der Waals surface area contributed by atoms with Gasteiger partial charge in [-0.1, -0.05) is 176 Å². The first kappa shape index (κ1) is 36.3. The van der Waals surface area contributed by atoms with E-state index >= 15 is 0 Å². The van der Waals surface area contributed by atoms with Crippen LogP contribution in [0.3, 0.4) is 0 Å². The largest absolute Gasteiger partial charge is 0.456 e. The molecule has 1 aliphatic carbocycles. The predicted octanol–water partition coefficient (Wildman–Crippen LogP) is 16.7. The summed E-state index contributed by atoms with van der Waals surface area (Å²) in [7, 11) is 0. The summed E-state index contributed by atoms with van der Waals surface area (Å²) in [5.41, 5.74) is 18.1. The van der Waals surface area contributed by atoms with E-state index in [-0.39, 0.29) is 0 Å². The zero-order valence-electron chi connectivity index (χ0n) is 34.8. The summed E-state index contributed by atoms with van der Waals surface area (Å²) in [6, 6.07) is 84.9. The highest BCUT2D eigenvalue weighted by atomic mass is 16.3. The number of hydrogen-bond donors (Lipinski definition) is 0. The van der Waals surface area contributed by atoms with Crippen molar-refractivity contribution in [3.8, 4) is 33.4 Å². The molecule has 3 nitrogen and oxygen atoms in total. The van der Waals surface area contributed by atoms with Gasteiger partial charge in [-0.2, -0.15) is 0 Å². The van der Waals surface area contributed by atoms with Gasteiger partial charge in [0.05, 0.1) is 5.41 Å². The van der Waals surface area contributed by atoms with Gasteiger partial charge in [-0.25, -0.2) is 0 Å². The summed E-state index contributed by atoms with van der Waals surface area (Å²) < 4.78 is 13.4. The summed E-state index contributed by atoms with van der Waals surface area (Å²) in [5, 5.41) is 4.44. The van der Waals surface area contributed by atoms with Gasteiger partial charge in [0.15, 0.2) is 0 Å². The molecule has 300 valence electrons. The molecule has 0 saturated heterocycles. The first-order valence-electron chi connectivity index (χ1n) is 21.9. The Morgan fingerprint density at radius 3 is 1.58 bits per heavy atom. The normalized spacial score (nSPS) is 12.8. The Bertz CT molecular complexity index is 3660. The summed E-state index contributed by atoms with van der Waals surface area (Å²) >= 11 is 0. The Balaban J connectivity index is 0.963. The van der Waals surface area contributed by atoms with Crippen LogP contribution in [0.5, 0.6) is 0 Å². The minimum Gasteiger partial charge on any atom is -0.456 e. The summed E-state index contributed by atoms with van der Waals surface area (Å²) in [6.45, 7) is 0. The molecule has 3 heteroatoms. The van der Waals surface area contributed by atoms with Crippen LogP contribution in [0.2, 0.25) is 0 Å². The Kier molecular flexibility index (Phi) is 8.13. The van der Waals surface area contributed by atoms with Gasteiger partial charge in [-0.05, 0) is 105 Å². The maximum atomic E-state index is 6.99. The molecule has 13 rings (SSSR count). The summed E-state index contributed by atoms with van der Waals surface area (Å²) in [4.78, 5) is 2.32. The molecule has 64 heavy (non-hydrogen) atoms. The van der Waals surface area contributed by atoms with Crippen molar-refractivity contribution >= 4 is 60.9 Å². The fourth-order valence-corrected chi connectivity index (χ4v) is 10.5. The molecule has 0 amide bonds. The Hall–Kier alpha value is -8.40. The van der Waals surface area contributed by atoms with E-state index in [9.17, 15) is 0 Å². The highest BCUT2D eigenvalue weighted by Crippen LogP contribution is 2.57. The summed E-state index contributed by atoms with van der Waals surface area (Å²) in [6.07, 6.45) is 0. The average molecular weight is 818 g/mol. The van der Waals surface area contributed by atoms with Crippen LogP contribution in [0.4, 0.5) is 17.1 Å². The lowest BCUT2D eigenvalue weighted by Crippen LogP contribution is -2.28. The van der Waals surface area contributed by atoms with Crippen molar-refractivity contribution in [1.82, 2.24) is 0 Å². The quantitative estimate of drug-likeness (QED) is 0.160. The molecule has 0 spiro atoms. The van der Waals surface area contributed by atoms with Crippen molar-refractivity contribution in [3.63, 3.8) is 0 Å². The van der Waals surface area contributed by atoms with Gasteiger partial charge >= 0.3 is 0 Å². The fraction of sp³-hybridized carbons (Fsp3) is 0.0164. The van der Waals surface area contributed by atoms with Crippen molar-refractivity contribution in [2.45, 2.75) is 5.41 Å². The van der Waals surface area contributed by atoms with Crippen molar-refractivity contribution in [2.75, 3.05) is 4.90 Å². The smallest absolute Gasteiger partial charge is 0.143 e. The van der Waals surface area contributed by atoms with Gasteiger partial charge in [-0.3, -0.25) is 0 Å². The lowest BCUT2D eigenvalue weighted by molar-refractivity contribution is 0.666. The standard InChI is InChI=1S/C61H39NO2/c1-4-15-40(16-5-1)41-27-31-45(32-28-41)62(46-33-29-42(30-34-46)48-23-14-24-52-50-22-11-13-26-57(50)64-60(48)52)47-35-36-51-54-38-53-49-21-10-12-25-55(49)61(43-17-6-2-7-18-43,44-19-8-3-9-20-44)56(53)39-59(54)63-58(51)37-47/h1-39H. The number of hydrogen-bond acceptors (Lipinski definition) is 3. The monoisotopic (exact) mass is 817 g/mol. The molecular weight excluding hydrogens is 779 g/mol. The number of rotatable bonds is 7. The topological polar surface area (TPSA) is 29.5 Å². The van der Waals surface area contributed by atoms with E-state index in [2.05, 4.69) is 229 Å². The van der Waals surface area contributed by atoms with Crippen LogP contribution in [0, 0.1) is 0 Å². The van der Waals surface area contributed by atoms with Crippen LogP contribution in [0.25, 0.3) is 77.3 Å². The molecule has 12 aromatic rings. The van der Waals surface area contributed by atoms with Crippen molar-refractivity contribution < 1.29 is 8.83 Å². The third-order valence-electron chi connectivity index (χ3n) is 13.4. The Labute approximate surface area is 370 Å². The van der Waals surface area contributed by atoms with E-state index < -0.39 is 5.41 Å². The molecule has 0 unspecified atom stereocenters. The van der Waals surface area contributed by atoms with Gasteiger partial charge in [0.1, 0.15) is 22.3 Å². The second-order valence-corrected chi connectivity index (χ2v) is 16.8. The highest BCUT2D eigenvalue weighted by molar-refractivity contribution is 6.11. The molecule has 1 aliphatic rings. The van der Waals surface area contributed by atoms with Gasteiger partial charge in [0, 0.05) is 50.2 Å². The van der Waals surface area contributed by atoms with Gasteiger partial charge in [0.2, 0.25) is 0 Å². The molecule has 0 N–H and O–H groups in total. The van der Waals surface area contributed by atoms with Crippen molar-refractivity contribution in [3.05, 3.63) is 259 Å². The number of nitrogens with zero attached hydrogens (tertiary/aromatic N) is 1. The molecule has 0 atom stereocenters. The number of fused-ring (bicyclic) bond motifs is 9. The SMILES string of the molecule is c1ccc(-c2ccc(N(c3ccc(-c4cccc5c4oc4ccccc45)cc3)c3ccc4c(c3)oc3cc5c(cc34)-c3ccccc3C5(c3ccccc3)c3ccccc3)cc2)cc1. The zero-order chi connectivity index (χ0) is 42.2. The van der Waals surface area contributed by atoms with Crippen LogP contribution < -0.4 is 4.90 Å². The van der Waals surface area contributed by atoms with Gasteiger partial charge < -0.3 is 13.7 Å². The molecule has 0 saturated carbocycles.